The van der Waals surface area contributed by atoms with Crippen LogP contribution in [0.1, 0.15) is 122 Å². The van der Waals surface area contributed by atoms with Crippen molar-refractivity contribution in [1.29, 1.82) is 0 Å². The Morgan fingerprint density at radius 2 is 1.63 bits per heavy atom. The van der Waals surface area contributed by atoms with Crippen molar-refractivity contribution < 1.29 is 29.0 Å². The largest absolute Gasteiger partial charge is 0.474 e. The van der Waals surface area contributed by atoms with Crippen molar-refractivity contribution in [3.05, 3.63) is 127 Å². The number of thiophene rings is 1. The van der Waals surface area contributed by atoms with Crippen molar-refractivity contribution >= 4 is 63.6 Å². The van der Waals surface area contributed by atoms with Crippen LogP contribution in [0, 0.1) is 33.1 Å². The molecule has 382 valence electrons. The zero-order valence-corrected chi connectivity index (χ0v) is 44.6. The number of fused-ring (bicyclic) bond motifs is 3. The lowest BCUT2D eigenvalue weighted by atomic mass is 9.85. The molecule has 16 nitrogen and oxygen atoms in total. The lowest BCUT2D eigenvalue weighted by Gasteiger charge is -2.35. The summed E-state index contributed by atoms with van der Waals surface area (Å²) in [5.74, 6) is 0.536. The van der Waals surface area contributed by atoms with Crippen molar-refractivity contribution in [3.63, 3.8) is 0 Å². The number of amides is 4. The molecule has 73 heavy (non-hydrogen) atoms. The maximum atomic E-state index is 14.2. The second-order valence-corrected chi connectivity index (χ2v) is 23.0. The van der Waals surface area contributed by atoms with E-state index in [0.29, 0.717) is 36.0 Å². The fourth-order valence-corrected chi connectivity index (χ4v) is 11.8. The Kier molecular flexibility index (Phi) is 15.0. The molecular weight excluding hydrogens is 984 g/mol. The van der Waals surface area contributed by atoms with Crippen molar-refractivity contribution in [2.75, 3.05) is 6.54 Å². The molecule has 1 saturated heterocycles. The lowest BCUT2D eigenvalue weighted by Crippen LogP contribution is -2.57. The van der Waals surface area contributed by atoms with Crippen molar-refractivity contribution in [2.45, 2.75) is 136 Å². The maximum absolute atomic E-state index is 14.2. The molecule has 19 heteroatoms. The van der Waals surface area contributed by atoms with Crippen LogP contribution in [0.5, 0.6) is 5.88 Å². The van der Waals surface area contributed by atoms with Gasteiger partial charge in [0.2, 0.25) is 29.5 Å². The number of rotatable bonds is 15. The molecule has 2 fully saturated rings. The van der Waals surface area contributed by atoms with Crippen LogP contribution in [-0.2, 0) is 25.6 Å². The van der Waals surface area contributed by atoms with Crippen molar-refractivity contribution in [2.24, 2.45) is 10.4 Å². The van der Waals surface area contributed by atoms with Gasteiger partial charge in [0, 0.05) is 71.6 Å². The highest BCUT2D eigenvalue weighted by molar-refractivity contribution is 7.15. The van der Waals surface area contributed by atoms with Crippen molar-refractivity contribution in [3.8, 4) is 21.3 Å². The van der Waals surface area contributed by atoms with Crippen LogP contribution >= 0.6 is 34.3 Å². The van der Waals surface area contributed by atoms with Gasteiger partial charge in [-0.25, -0.2) is 9.97 Å². The third kappa shape index (κ3) is 11.3. The number of halogens is 1. The molecule has 0 spiro atoms. The number of carbonyl (C=O) groups excluding carboxylic acids is 4. The number of aliphatic imine (C=N–C) groups is 1. The normalized spacial score (nSPS) is 20.2. The van der Waals surface area contributed by atoms with E-state index in [0.717, 1.165) is 60.5 Å². The van der Waals surface area contributed by atoms with E-state index in [9.17, 15) is 24.3 Å². The highest BCUT2D eigenvalue weighted by Crippen LogP contribution is 2.40. The predicted molar refractivity (Wildman–Crippen MR) is 282 cm³/mol. The number of aliphatic hydroxyl groups excluding tert-OH is 1. The van der Waals surface area contributed by atoms with E-state index >= 15 is 0 Å². The SMILES string of the molecule is Cc1ncsc1-c1ccc([C@H](C)NC(=O)[C@@H]2C[C@@H](O)CN2C(=O)C(NC(=O)CCc2ccc(O[C@H]3C[C@H](NC(=O)C[C@@H]4N=C(c5ccc(Cl)cc5)c5c(sc(C)c5C)-n5c(C)nnc54)C3)nc2)C(C)(C)C)cc1. The third-order valence-electron chi connectivity index (χ3n) is 14.0. The number of aromatic nitrogens is 5. The number of ether oxygens (including phenoxy) is 1. The molecule has 4 aromatic heterocycles. The summed E-state index contributed by atoms with van der Waals surface area (Å²) in [6.07, 6.45) is 2.53. The molecule has 3 aliphatic rings. The number of hydrogen-bond donors (Lipinski definition) is 4. The number of aryl methyl sites for hydroxylation is 4. The van der Waals surface area contributed by atoms with Gasteiger partial charge in [-0.3, -0.25) is 28.7 Å². The standard InChI is InChI=1S/C54H61ClN10O6S2/c1-28-31(4)73-53-46(28)47(35-15-17-37(55)18-16-35)60-41(50-63-62-32(5)65(50)53)24-44(68)59-38-21-40(22-38)71-45-20-10-33(25-56-45)9-19-43(67)61-49(54(6,7)8)52(70)64-26-39(66)23-42(64)51(69)58-29(2)34-11-13-36(14-12-34)48-30(3)57-27-72-48/h10-18,20,25,27,29,38-42,49,66H,9,19,21-24,26H2,1-8H3,(H,58,69)(H,59,68)(H,61,67)/t29-,38-,39+,40-,41-,42-,49?/m0/s1. The first kappa shape index (κ1) is 51.6. The number of hydrogen-bond acceptors (Lipinski definition) is 13. The Balaban J connectivity index is 0.750. The minimum absolute atomic E-state index is 0.0158. The van der Waals surface area contributed by atoms with Crippen LogP contribution < -0.4 is 20.7 Å². The quantitative estimate of drug-likeness (QED) is 0.0779. The Labute approximate surface area is 438 Å². The van der Waals surface area contributed by atoms with Gasteiger partial charge in [-0.1, -0.05) is 74.8 Å². The minimum Gasteiger partial charge on any atom is -0.474 e. The summed E-state index contributed by atoms with van der Waals surface area (Å²) in [6.45, 7) is 15.5. The van der Waals surface area contributed by atoms with Gasteiger partial charge in [0.25, 0.3) is 0 Å². The summed E-state index contributed by atoms with van der Waals surface area (Å²) in [5, 5.41) is 30.4. The summed E-state index contributed by atoms with van der Waals surface area (Å²) in [6, 6.07) is 16.3. The summed E-state index contributed by atoms with van der Waals surface area (Å²) < 4.78 is 8.19. The lowest BCUT2D eigenvalue weighted by molar-refractivity contribution is -0.144. The molecule has 1 unspecified atom stereocenters. The number of likely N-dealkylation sites (tertiary alicyclic amines) is 1. The second-order valence-electron chi connectivity index (χ2n) is 20.5. The van der Waals surface area contributed by atoms with Crippen LogP contribution in [0.15, 0.2) is 77.4 Å². The summed E-state index contributed by atoms with van der Waals surface area (Å²) in [5.41, 5.74) is 8.67. The molecule has 2 aliphatic heterocycles. The molecule has 1 saturated carbocycles. The number of nitrogens with one attached hydrogen (secondary N) is 3. The average Bonchev–Trinajstić information content (AvgIpc) is 4.11. The first-order chi connectivity index (χ1) is 34.8. The molecule has 0 bridgehead atoms. The highest BCUT2D eigenvalue weighted by Gasteiger charge is 2.45. The number of β-amino-alcohol motifs (C(OH)–C–C–N with tert-alkyl or cyclic N) is 1. The van der Waals surface area contributed by atoms with Gasteiger partial charge >= 0.3 is 0 Å². The predicted octanol–water partition coefficient (Wildman–Crippen LogP) is 8.05. The van der Waals surface area contributed by atoms with E-state index in [2.05, 4.69) is 50.0 Å². The van der Waals surface area contributed by atoms with E-state index in [1.165, 1.54) is 9.78 Å². The van der Waals surface area contributed by atoms with Gasteiger partial charge < -0.3 is 30.7 Å². The van der Waals surface area contributed by atoms with Crippen molar-refractivity contribution in [1.82, 2.24) is 45.6 Å². The van der Waals surface area contributed by atoms with Gasteiger partial charge in [-0.15, -0.1) is 32.9 Å². The number of aliphatic hydroxyl groups is 1. The van der Waals surface area contributed by atoms with Gasteiger partial charge in [0.15, 0.2) is 5.82 Å². The van der Waals surface area contributed by atoms with Crippen LogP contribution in [0.4, 0.5) is 0 Å². The topological polar surface area (TPSA) is 206 Å². The molecule has 4 N–H and O–H groups in total. The fourth-order valence-electron chi connectivity index (χ4n) is 9.68. The van der Waals surface area contributed by atoms with Gasteiger partial charge in [-0.05, 0) is 80.8 Å². The smallest absolute Gasteiger partial charge is 0.246 e. The van der Waals surface area contributed by atoms with Crippen LogP contribution in [0.25, 0.3) is 15.4 Å². The molecule has 6 aromatic rings. The molecule has 0 radical (unpaired) electrons. The number of pyridine rings is 1. The monoisotopic (exact) mass is 1040 g/mol. The van der Waals surface area contributed by atoms with Crippen LogP contribution in [-0.4, -0.2) is 101 Å². The zero-order valence-electron chi connectivity index (χ0n) is 42.2. The number of benzene rings is 2. The first-order valence-corrected chi connectivity index (χ1v) is 26.7. The fraction of sp³-hybridized carbons (Fsp3) is 0.426. The Morgan fingerprint density at radius 1 is 0.904 bits per heavy atom. The Morgan fingerprint density at radius 3 is 2.30 bits per heavy atom. The minimum atomic E-state index is -0.946. The number of carbonyl (C=O) groups is 4. The van der Waals surface area contributed by atoms with Crippen LogP contribution in [0.3, 0.4) is 0 Å². The first-order valence-electron chi connectivity index (χ1n) is 24.7. The van der Waals surface area contributed by atoms with E-state index < -0.39 is 35.6 Å². The summed E-state index contributed by atoms with van der Waals surface area (Å²) in [4.78, 5) is 72.8. The number of nitrogens with zero attached hydrogens (tertiary/aromatic N) is 7. The zero-order chi connectivity index (χ0) is 51.9. The molecule has 2 aromatic carbocycles. The second kappa shape index (κ2) is 21.2. The Hall–Kier alpha value is -6.34. The Bertz CT molecular complexity index is 3050. The molecule has 4 amide bonds. The summed E-state index contributed by atoms with van der Waals surface area (Å²) >= 11 is 9.51. The summed E-state index contributed by atoms with van der Waals surface area (Å²) in [7, 11) is 0. The van der Waals surface area contributed by atoms with E-state index in [1.807, 2.05) is 106 Å². The van der Waals surface area contributed by atoms with E-state index in [-0.39, 0.29) is 61.7 Å². The van der Waals surface area contributed by atoms with Gasteiger partial charge in [0.05, 0.1) is 40.4 Å². The molecule has 1 aliphatic carbocycles. The molecule has 6 heterocycles. The molecular formula is C54H61ClN10O6S2. The highest BCUT2D eigenvalue weighted by atomic mass is 35.5. The number of thiazole rings is 1. The third-order valence-corrected chi connectivity index (χ3v) is 16.4. The van der Waals surface area contributed by atoms with Gasteiger partial charge in [-0.2, -0.15) is 0 Å². The van der Waals surface area contributed by atoms with E-state index in [1.54, 1.807) is 34.9 Å². The molecule has 9 rings (SSSR count). The average molecular weight is 1050 g/mol. The van der Waals surface area contributed by atoms with Crippen LogP contribution in [0.2, 0.25) is 5.02 Å². The molecule has 5 atom stereocenters. The maximum Gasteiger partial charge on any atom is 0.246 e. The van der Waals surface area contributed by atoms with Gasteiger partial charge in [0.1, 0.15) is 35.1 Å². The van der Waals surface area contributed by atoms with E-state index in [4.69, 9.17) is 21.3 Å².